The highest BCUT2D eigenvalue weighted by molar-refractivity contribution is 7.16. The van der Waals surface area contributed by atoms with Crippen molar-refractivity contribution in [3.05, 3.63) is 0 Å². The third-order valence-electron chi connectivity index (χ3n) is 0. The van der Waals surface area contributed by atoms with Crippen LogP contribution in [-0.4, -0.2) is 11.5 Å². The van der Waals surface area contributed by atoms with Gasteiger partial charge in [0.1, 0.15) is 0 Å². The van der Waals surface area contributed by atoms with Crippen molar-refractivity contribution in [2.45, 2.75) is 0 Å². The van der Waals surface area contributed by atoms with Crippen molar-refractivity contribution in [3.8, 4) is 0 Å². The maximum absolute atomic E-state index is 7.53. The van der Waals surface area contributed by atoms with E-state index in [0.29, 0.717) is 0 Å². The minimum Gasteiger partial charge on any atom is -0.392 e. The highest BCUT2D eigenvalue weighted by atomic mass is 31.0. The first-order valence-corrected chi connectivity index (χ1v) is 1.54. The Morgan fingerprint density at radius 3 is 1.75 bits per heavy atom. The van der Waals surface area contributed by atoms with Crippen molar-refractivity contribution in [2.75, 3.05) is 6.35 Å². The van der Waals surface area contributed by atoms with Crippen molar-refractivity contribution < 1.29 is 5.11 Å². The van der Waals surface area contributed by atoms with Crippen LogP contribution in [0.25, 0.3) is 0 Å². The molecule has 0 aliphatic carbocycles. The van der Waals surface area contributed by atoms with Crippen LogP contribution in [0.3, 0.4) is 0 Å². The molecule has 1 N–H and O–H groups in total. The smallest absolute Gasteiger partial charge is 0.0567 e. The van der Waals surface area contributed by atoms with E-state index in [1.54, 1.807) is 0 Å². The zero-order valence-corrected chi connectivity index (χ0v) is 5.01. The molecule has 0 fully saturated rings. The summed E-state index contributed by atoms with van der Waals surface area (Å²) in [5.74, 6) is 0. The molecule has 3 heteroatoms. The largest absolute Gasteiger partial charge is 0.392 e. The number of hydrogen-bond donors (Lipinski definition) is 1. The van der Waals surface area contributed by atoms with Crippen molar-refractivity contribution in [1.82, 2.24) is 0 Å². The van der Waals surface area contributed by atoms with E-state index in [0.717, 1.165) is 0 Å². The molecule has 0 amide bonds. The lowest BCUT2D eigenvalue weighted by Gasteiger charge is -1.53. The molecule has 0 saturated heterocycles. The molecule has 0 heterocycles. The summed E-state index contributed by atoms with van der Waals surface area (Å²) in [5.41, 5.74) is 0. The van der Waals surface area contributed by atoms with Gasteiger partial charge in [0, 0.05) is 0 Å². The zero-order chi connectivity index (χ0) is 2.71. The first-order valence-electron chi connectivity index (χ1n) is 0.724. The Labute approximate surface area is 31.6 Å². The Bertz CT molecular complexity index is 6.00. The van der Waals surface area contributed by atoms with E-state index < -0.39 is 0 Å². The highest BCUT2D eigenvalue weighted by Crippen LogP contribution is 1.63. The molecule has 2 atom stereocenters. The second kappa shape index (κ2) is 9.17. The SMILES string of the molecule is OCP.P. The van der Waals surface area contributed by atoms with Crippen LogP contribution < -0.4 is 0 Å². The van der Waals surface area contributed by atoms with E-state index in [4.69, 9.17) is 5.11 Å². The van der Waals surface area contributed by atoms with Crippen LogP contribution in [0.15, 0.2) is 0 Å². The van der Waals surface area contributed by atoms with Gasteiger partial charge in [-0.15, -0.1) is 9.24 Å². The van der Waals surface area contributed by atoms with E-state index in [1.165, 1.54) is 0 Å². The molecule has 2 unspecified atom stereocenters. The molecule has 0 bridgehead atoms. The molecular weight excluding hydrogens is 90.0 g/mol. The predicted octanol–water partition coefficient (Wildman–Crippen LogP) is -0.131. The molecule has 0 saturated carbocycles. The summed E-state index contributed by atoms with van der Waals surface area (Å²) in [4.78, 5) is 0. The van der Waals surface area contributed by atoms with Crippen LogP contribution in [0.2, 0.25) is 0 Å². The molecular formula is CH8OP2. The Hall–Kier alpha value is 0.820. The van der Waals surface area contributed by atoms with Gasteiger partial charge in [-0.3, -0.25) is 0 Å². The predicted molar refractivity (Wildman–Crippen MR) is 27.9 cm³/mol. The van der Waals surface area contributed by atoms with Gasteiger partial charge in [-0.25, -0.2) is 0 Å². The van der Waals surface area contributed by atoms with Gasteiger partial charge in [-0.2, -0.15) is 9.90 Å². The molecule has 4 heavy (non-hydrogen) atoms. The van der Waals surface area contributed by atoms with Crippen LogP contribution >= 0.6 is 19.1 Å². The van der Waals surface area contributed by atoms with Crippen molar-refractivity contribution in [3.63, 3.8) is 0 Å². The average Bonchev–Trinajstić information content (AvgIpc) is 0.918. The Morgan fingerprint density at radius 1 is 1.75 bits per heavy atom. The van der Waals surface area contributed by atoms with E-state index >= 15 is 0 Å². The first-order chi connectivity index (χ1) is 1.41. The van der Waals surface area contributed by atoms with Gasteiger partial charge in [-0.05, 0) is 0 Å². The lowest BCUT2D eigenvalue weighted by Crippen LogP contribution is -1.47. The lowest BCUT2D eigenvalue weighted by molar-refractivity contribution is 0.375. The molecule has 0 aromatic heterocycles. The van der Waals surface area contributed by atoms with E-state index in [2.05, 4.69) is 9.24 Å². The summed E-state index contributed by atoms with van der Waals surface area (Å²) in [7, 11) is 2.13. The minimum atomic E-state index is 0. The fourth-order valence-corrected chi connectivity index (χ4v) is 0. The molecule has 0 aliphatic rings. The van der Waals surface area contributed by atoms with Gasteiger partial charge in [0.15, 0.2) is 0 Å². The third kappa shape index (κ3) is 13.9. The fourth-order valence-electron chi connectivity index (χ4n) is 0. The molecule has 1 nitrogen and oxygen atoms in total. The summed E-state index contributed by atoms with van der Waals surface area (Å²) in [6, 6.07) is 0. The Morgan fingerprint density at radius 2 is 1.75 bits per heavy atom. The van der Waals surface area contributed by atoms with Gasteiger partial charge >= 0.3 is 0 Å². The van der Waals surface area contributed by atoms with Gasteiger partial charge in [0.25, 0.3) is 0 Å². The van der Waals surface area contributed by atoms with Gasteiger partial charge in [-0.1, -0.05) is 0 Å². The zero-order valence-electron chi connectivity index (χ0n) is 2.44. The van der Waals surface area contributed by atoms with Crippen molar-refractivity contribution in [2.24, 2.45) is 0 Å². The quantitative estimate of drug-likeness (QED) is 0.418. The summed E-state index contributed by atoms with van der Waals surface area (Å²) < 4.78 is 0. The van der Waals surface area contributed by atoms with Crippen LogP contribution in [0.4, 0.5) is 0 Å². The number of hydrogen-bond acceptors (Lipinski definition) is 1. The van der Waals surface area contributed by atoms with Crippen LogP contribution in [0, 0.1) is 0 Å². The molecule has 28 valence electrons. The Kier molecular flexibility index (Phi) is 20.3. The topological polar surface area (TPSA) is 20.2 Å². The van der Waals surface area contributed by atoms with E-state index in [9.17, 15) is 0 Å². The van der Waals surface area contributed by atoms with E-state index in [-0.39, 0.29) is 16.2 Å². The molecule has 0 aromatic carbocycles. The number of aliphatic hydroxyl groups excluding tert-OH is 1. The third-order valence-corrected chi connectivity index (χ3v) is 0. The first kappa shape index (κ1) is 8.84. The van der Waals surface area contributed by atoms with Gasteiger partial charge in [0.2, 0.25) is 0 Å². The van der Waals surface area contributed by atoms with Gasteiger partial charge < -0.3 is 5.11 Å². The molecule has 0 rings (SSSR count). The summed E-state index contributed by atoms with van der Waals surface area (Å²) in [6.45, 7) is 0. The Balaban J connectivity index is 0. The second-order valence-corrected chi connectivity index (χ2v) is 0.548. The highest BCUT2D eigenvalue weighted by Gasteiger charge is 1.33. The maximum atomic E-state index is 7.53. The van der Waals surface area contributed by atoms with Crippen LogP contribution in [-0.2, 0) is 0 Å². The maximum Gasteiger partial charge on any atom is 0.0567 e. The number of rotatable bonds is 0. The summed E-state index contributed by atoms with van der Waals surface area (Å²) in [5, 5.41) is 7.53. The van der Waals surface area contributed by atoms with Crippen LogP contribution in [0.1, 0.15) is 0 Å². The summed E-state index contributed by atoms with van der Waals surface area (Å²) >= 11 is 0. The molecule has 0 radical (unpaired) electrons. The molecule has 0 aliphatic heterocycles. The van der Waals surface area contributed by atoms with Crippen molar-refractivity contribution >= 4 is 19.1 Å². The minimum absolute atomic E-state index is 0. The lowest BCUT2D eigenvalue weighted by atomic mass is 11.7. The van der Waals surface area contributed by atoms with Gasteiger partial charge in [0.05, 0.1) is 6.35 Å². The second-order valence-electron chi connectivity index (χ2n) is 0.183. The molecule has 0 spiro atoms. The summed E-state index contributed by atoms with van der Waals surface area (Å²) in [6.07, 6.45) is 0.167. The number of aliphatic hydroxyl groups is 1. The standard InChI is InChI=1S/CH5OP.H3P/c2-1-3;/h2H,1,3H2;1H3. The van der Waals surface area contributed by atoms with Crippen LogP contribution in [0.5, 0.6) is 0 Å². The van der Waals surface area contributed by atoms with Crippen molar-refractivity contribution in [1.29, 1.82) is 0 Å². The monoisotopic (exact) mass is 98.0 g/mol. The normalized spacial score (nSPS) is 4.50. The fraction of sp³-hybridized carbons (Fsp3) is 1.00. The average molecular weight is 98.0 g/mol. The molecule has 0 aromatic rings. The van der Waals surface area contributed by atoms with E-state index in [1.807, 2.05) is 0 Å².